The number of anilines is 1. The lowest BCUT2D eigenvalue weighted by Gasteiger charge is -2.09. The summed E-state index contributed by atoms with van der Waals surface area (Å²) in [4.78, 5) is 17.7. The van der Waals surface area contributed by atoms with Gasteiger partial charge < -0.3 is 19.4 Å². The Balaban J connectivity index is 1.95. The average Bonchev–Trinajstić information content (AvgIpc) is 3.09. The molecule has 2 heterocycles. The normalized spacial score (nSPS) is 14.9. The van der Waals surface area contributed by atoms with Gasteiger partial charge in [0, 0.05) is 29.1 Å². The number of nitrogens with zero attached hydrogens (tertiary/aromatic N) is 1. The summed E-state index contributed by atoms with van der Waals surface area (Å²) < 4.78 is 10.8. The second kappa shape index (κ2) is 6.35. The van der Waals surface area contributed by atoms with Crippen LogP contribution < -0.4 is 14.4 Å². The number of fused-ring (bicyclic) bond motifs is 2. The summed E-state index contributed by atoms with van der Waals surface area (Å²) in [6, 6.07) is 9.53. The number of aromatic nitrogens is 1. The van der Waals surface area contributed by atoms with Gasteiger partial charge in [0.05, 0.1) is 25.5 Å². The first-order chi connectivity index (χ1) is 12.9. The molecule has 0 saturated carbocycles. The first-order valence-electron chi connectivity index (χ1n) is 8.48. The number of ether oxygens (including phenoxy) is 2. The van der Waals surface area contributed by atoms with Gasteiger partial charge in [-0.2, -0.15) is 0 Å². The van der Waals surface area contributed by atoms with Crippen molar-refractivity contribution in [3.8, 4) is 11.5 Å². The van der Waals surface area contributed by atoms with Gasteiger partial charge in [0.25, 0.3) is 5.91 Å². The molecule has 0 atom stereocenters. The molecule has 0 saturated heterocycles. The lowest BCUT2D eigenvalue weighted by atomic mass is 10.0. The molecule has 6 heteroatoms. The molecule has 1 N–H and O–H groups in total. The summed E-state index contributed by atoms with van der Waals surface area (Å²) >= 11 is 6.47. The minimum atomic E-state index is -0.0808. The Hall–Kier alpha value is -2.92. The molecule has 0 radical (unpaired) electrons. The van der Waals surface area contributed by atoms with Gasteiger partial charge in [-0.25, -0.2) is 0 Å². The molecule has 138 valence electrons. The highest BCUT2D eigenvalue weighted by molar-refractivity contribution is 6.38. The zero-order valence-corrected chi connectivity index (χ0v) is 16.3. The largest absolute Gasteiger partial charge is 0.497 e. The van der Waals surface area contributed by atoms with E-state index in [4.69, 9.17) is 21.1 Å². The van der Waals surface area contributed by atoms with Crippen LogP contribution in [-0.2, 0) is 4.79 Å². The van der Waals surface area contributed by atoms with E-state index in [0.717, 1.165) is 39.0 Å². The van der Waals surface area contributed by atoms with Crippen LogP contribution in [0.3, 0.4) is 0 Å². The molecule has 0 bridgehead atoms. The number of halogens is 1. The lowest BCUT2D eigenvalue weighted by molar-refractivity contribution is -0.112. The van der Waals surface area contributed by atoms with E-state index in [1.807, 2.05) is 43.3 Å². The van der Waals surface area contributed by atoms with Gasteiger partial charge >= 0.3 is 0 Å². The van der Waals surface area contributed by atoms with Crippen molar-refractivity contribution in [3.05, 3.63) is 52.2 Å². The quantitative estimate of drug-likeness (QED) is 0.670. The van der Waals surface area contributed by atoms with E-state index in [2.05, 4.69) is 4.98 Å². The average molecular weight is 383 g/mol. The fourth-order valence-corrected chi connectivity index (χ4v) is 3.78. The van der Waals surface area contributed by atoms with Gasteiger partial charge in [0.15, 0.2) is 0 Å². The number of amides is 1. The number of rotatable bonds is 3. The van der Waals surface area contributed by atoms with Crippen molar-refractivity contribution < 1.29 is 14.3 Å². The lowest BCUT2D eigenvalue weighted by Crippen LogP contribution is -2.20. The van der Waals surface area contributed by atoms with Crippen LogP contribution in [0.5, 0.6) is 11.5 Å². The van der Waals surface area contributed by atoms with Crippen LogP contribution in [0.1, 0.15) is 16.7 Å². The molecule has 1 aliphatic heterocycles. The summed E-state index contributed by atoms with van der Waals surface area (Å²) in [5, 5.41) is 1.39. The first kappa shape index (κ1) is 17.5. The van der Waals surface area contributed by atoms with Gasteiger partial charge in [-0.05, 0) is 48.9 Å². The van der Waals surface area contributed by atoms with Crippen LogP contribution >= 0.6 is 11.6 Å². The van der Waals surface area contributed by atoms with Crippen molar-refractivity contribution >= 4 is 45.7 Å². The third-order valence-electron chi connectivity index (χ3n) is 4.99. The minimum absolute atomic E-state index is 0.0808. The molecule has 1 aromatic heterocycles. The number of hydrogen-bond acceptors (Lipinski definition) is 3. The van der Waals surface area contributed by atoms with Gasteiger partial charge in [0.2, 0.25) is 0 Å². The Labute approximate surface area is 162 Å². The van der Waals surface area contributed by atoms with E-state index < -0.39 is 0 Å². The maximum atomic E-state index is 12.9. The summed E-state index contributed by atoms with van der Waals surface area (Å²) in [6.45, 7) is 1.98. The molecular formula is C21H19ClN2O3. The van der Waals surface area contributed by atoms with E-state index in [-0.39, 0.29) is 5.91 Å². The Kier molecular flexibility index (Phi) is 4.12. The highest BCUT2D eigenvalue weighted by Gasteiger charge is 2.30. The molecule has 27 heavy (non-hydrogen) atoms. The molecule has 0 aliphatic carbocycles. The predicted octanol–water partition coefficient (Wildman–Crippen LogP) is 4.66. The Morgan fingerprint density at radius 3 is 2.63 bits per heavy atom. The highest BCUT2D eigenvalue weighted by Crippen LogP contribution is 2.41. The van der Waals surface area contributed by atoms with Gasteiger partial charge in [-0.1, -0.05) is 11.6 Å². The van der Waals surface area contributed by atoms with Crippen LogP contribution in [0.4, 0.5) is 5.69 Å². The summed E-state index contributed by atoms with van der Waals surface area (Å²) in [7, 11) is 5.01. The molecule has 0 fully saturated rings. The van der Waals surface area contributed by atoms with E-state index in [1.165, 1.54) is 0 Å². The van der Waals surface area contributed by atoms with E-state index in [1.54, 1.807) is 26.2 Å². The predicted molar refractivity (Wildman–Crippen MR) is 109 cm³/mol. The van der Waals surface area contributed by atoms with Crippen LogP contribution in [0.25, 0.3) is 22.6 Å². The molecule has 1 aliphatic rings. The number of carbonyl (C=O) groups excluding carboxylic acids is 1. The summed E-state index contributed by atoms with van der Waals surface area (Å²) in [5.74, 6) is 1.39. The maximum absolute atomic E-state index is 12.9. The summed E-state index contributed by atoms with van der Waals surface area (Å²) in [6.07, 6.45) is 1.83. The van der Waals surface area contributed by atoms with Crippen molar-refractivity contribution in [3.63, 3.8) is 0 Å². The number of H-pyrrole nitrogens is 1. The summed E-state index contributed by atoms with van der Waals surface area (Å²) in [5.41, 5.74) is 4.91. The maximum Gasteiger partial charge on any atom is 0.258 e. The van der Waals surface area contributed by atoms with E-state index in [0.29, 0.717) is 16.5 Å². The molecule has 1 amide bonds. The fraction of sp³-hybridized carbons (Fsp3) is 0.190. The molecular weight excluding hydrogens is 364 g/mol. The van der Waals surface area contributed by atoms with Gasteiger partial charge in [-0.15, -0.1) is 0 Å². The SMILES string of the molecule is COc1ccc2c(c1)/C(=C\c1c(Cl)[nH]c3cc(C)c(OC)cc13)C(=O)N2C. The zero-order chi connectivity index (χ0) is 19.3. The van der Waals surface area contributed by atoms with Crippen molar-refractivity contribution in [2.24, 2.45) is 0 Å². The van der Waals surface area contributed by atoms with Crippen LogP contribution in [0.2, 0.25) is 5.15 Å². The zero-order valence-electron chi connectivity index (χ0n) is 15.5. The van der Waals surface area contributed by atoms with Crippen molar-refractivity contribution in [1.82, 2.24) is 4.98 Å². The number of aryl methyl sites for hydroxylation is 1. The topological polar surface area (TPSA) is 54.6 Å². The number of nitrogens with one attached hydrogen (secondary N) is 1. The van der Waals surface area contributed by atoms with Crippen LogP contribution in [-0.4, -0.2) is 32.2 Å². The van der Waals surface area contributed by atoms with Crippen molar-refractivity contribution in [1.29, 1.82) is 0 Å². The Morgan fingerprint density at radius 1 is 1.15 bits per heavy atom. The molecule has 3 aromatic rings. The number of methoxy groups -OCH3 is 2. The second-order valence-corrected chi connectivity index (χ2v) is 6.90. The van der Waals surface area contributed by atoms with Gasteiger partial charge in [0.1, 0.15) is 16.7 Å². The molecule has 0 spiro atoms. The minimum Gasteiger partial charge on any atom is -0.497 e. The number of aromatic amines is 1. The van der Waals surface area contributed by atoms with E-state index >= 15 is 0 Å². The third-order valence-corrected chi connectivity index (χ3v) is 5.28. The number of benzene rings is 2. The molecule has 4 rings (SSSR count). The van der Waals surface area contributed by atoms with Gasteiger partial charge in [-0.3, -0.25) is 4.79 Å². The first-order valence-corrected chi connectivity index (χ1v) is 8.86. The standard InChI is InChI=1S/C21H19ClN2O3/c1-11-7-17-13(10-19(11)27-4)15(20(22)23-17)9-16-14-8-12(26-3)5-6-18(14)24(2)21(16)25/h5-10,23H,1-4H3/b16-9+. The van der Waals surface area contributed by atoms with Crippen LogP contribution in [0.15, 0.2) is 30.3 Å². The highest BCUT2D eigenvalue weighted by atomic mass is 35.5. The number of likely N-dealkylation sites (N-methyl/N-ethyl adjacent to an activating group) is 1. The number of carbonyl (C=O) groups is 1. The Bertz CT molecular complexity index is 1110. The molecule has 0 unspecified atom stereocenters. The monoisotopic (exact) mass is 382 g/mol. The second-order valence-electron chi connectivity index (χ2n) is 6.53. The van der Waals surface area contributed by atoms with Crippen LogP contribution in [0, 0.1) is 6.92 Å². The van der Waals surface area contributed by atoms with Crippen molar-refractivity contribution in [2.75, 3.05) is 26.2 Å². The smallest absolute Gasteiger partial charge is 0.258 e. The molecule has 5 nitrogen and oxygen atoms in total. The fourth-order valence-electron chi connectivity index (χ4n) is 3.52. The van der Waals surface area contributed by atoms with Crippen molar-refractivity contribution in [2.45, 2.75) is 6.92 Å². The van der Waals surface area contributed by atoms with E-state index in [9.17, 15) is 4.79 Å². The third kappa shape index (κ3) is 2.66. The molecule has 2 aromatic carbocycles. The number of hydrogen-bond donors (Lipinski definition) is 1. The Morgan fingerprint density at radius 2 is 1.93 bits per heavy atom.